The highest BCUT2D eigenvalue weighted by molar-refractivity contribution is 6.31. The van der Waals surface area contributed by atoms with E-state index in [-0.39, 0.29) is 35.5 Å². The number of imide groups is 1. The molecule has 0 radical (unpaired) electrons. The van der Waals surface area contributed by atoms with Crippen LogP contribution >= 0.6 is 11.6 Å². The second kappa shape index (κ2) is 3.77. The van der Waals surface area contributed by atoms with E-state index in [0.29, 0.717) is 22.5 Å². The number of rotatable bonds is 1. The van der Waals surface area contributed by atoms with Gasteiger partial charge in [0.2, 0.25) is 11.8 Å². The van der Waals surface area contributed by atoms with Gasteiger partial charge in [-0.25, -0.2) is 4.90 Å². The van der Waals surface area contributed by atoms with Crippen LogP contribution in [0.1, 0.15) is 6.42 Å². The highest BCUT2D eigenvalue weighted by Crippen LogP contribution is 2.65. The van der Waals surface area contributed by atoms with Gasteiger partial charge in [-0.1, -0.05) is 29.8 Å². The van der Waals surface area contributed by atoms with Gasteiger partial charge in [0, 0.05) is 5.02 Å². The van der Waals surface area contributed by atoms with E-state index in [1.54, 1.807) is 24.3 Å². The molecule has 2 bridgehead atoms. The molecule has 5 aliphatic rings. The molecule has 1 aromatic rings. The quantitative estimate of drug-likeness (QED) is 0.591. The Morgan fingerprint density at radius 2 is 1.62 bits per heavy atom. The molecule has 4 heteroatoms. The number of allylic oxidation sites excluding steroid dienone is 2. The normalized spacial score (nSPS) is 42.2. The maximum absolute atomic E-state index is 12.8. The summed E-state index contributed by atoms with van der Waals surface area (Å²) in [6.45, 7) is 0. The van der Waals surface area contributed by atoms with Crippen LogP contribution in [0.3, 0.4) is 0 Å². The van der Waals surface area contributed by atoms with Crippen molar-refractivity contribution >= 4 is 29.1 Å². The first-order valence-electron chi connectivity index (χ1n) is 7.48. The number of amides is 2. The Morgan fingerprint density at radius 1 is 1.00 bits per heavy atom. The molecule has 6 rings (SSSR count). The minimum absolute atomic E-state index is 0.0306. The summed E-state index contributed by atoms with van der Waals surface area (Å²) >= 11 is 6.01. The lowest BCUT2D eigenvalue weighted by atomic mass is 9.63. The minimum Gasteiger partial charge on any atom is -0.274 e. The van der Waals surface area contributed by atoms with Crippen LogP contribution in [0.25, 0.3) is 0 Å². The van der Waals surface area contributed by atoms with E-state index >= 15 is 0 Å². The van der Waals surface area contributed by atoms with Gasteiger partial charge in [-0.05, 0) is 48.3 Å². The fraction of sp³-hybridized carbons (Fsp3) is 0.412. The number of carbonyl (C=O) groups excluding carboxylic acids is 2. The summed E-state index contributed by atoms with van der Waals surface area (Å²) in [7, 11) is 0. The lowest BCUT2D eigenvalue weighted by Crippen LogP contribution is -2.40. The van der Waals surface area contributed by atoms with Crippen molar-refractivity contribution in [1.29, 1.82) is 0 Å². The zero-order valence-corrected chi connectivity index (χ0v) is 12.0. The Kier molecular flexibility index (Phi) is 2.15. The van der Waals surface area contributed by atoms with Crippen molar-refractivity contribution in [3.63, 3.8) is 0 Å². The van der Waals surface area contributed by atoms with Gasteiger partial charge < -0.3 is 0 Å². The van der Waals surface area contributed by atoms with Crippen molar-refractivity contribution in [3.05, 3.63) is 41.4 Å². The third-order valence-corrected chi connectivity index (χ3v) is 5.96. The SMILES string of the molecule is O=C1[C@@H]2[C@@H]3C=C[C@@H]([C@@H]4C[C@H]34)[C@@H]2C(=O)N1c1cccc(Cl)c1. The van der Waals surface area contributed by atoms with Crippen LogP contribution in [0.15, 0.2) is 36.4 Å². The molecule has 3 nitrogen and oxygen atoms in total. The summed E-state index contributed by atoms with van der Waals surface area (Å²) in [6.07, 6.45) is 5.56. The van der Waals surface area contributed by atoms with Crippen molar-refractivity contribution in [1.82, 2.24) is 0 Å². The zero-order valence-electron chi connectivity index (χ0n) is 11.3. The predicted octanol–water partition coefficient (Wildman–Crippen LogP) is 2.90. The number of nitrogens with zero attached hydrogens (tertiary/aromatic N) is 1. The van der Waals surface area contributed by atoms with E-state index in [1.807, 2.05) is 0 Å². The third-order valence-electron chi connectivity index (χ3n) is 5.73. The molecule has 1 aromatic carbocycles. The molecular weight excluding hydrogens is 286 g/mol. The fourth-order valence-corrected chi connectivity index (χ4v) is 5.01. The number of hydrogen-bond acceptors (Lipinski definition) is 2. The molecule has 0 N–H and O–H groups in total. The van der Waals surface area contributed by atoms with Crippen molar-refractivity contribution in [2.45, 2.75) is 6.42 Å². The molecule has 1 aliphatic heterocycles. The summed E-state index contributed by atoms with van der Waals surface area (Å²) in [6, 6.07) is 7.02. The topological polar surface area (TPSA) is 37.4 Å². The van der Waals surface area contributed by atoms with Gasteiger partial charge in [-0.2, -0.15) is 0 Å². The average Bonchev–Trinajstić information content (AvgIpc) is 3.24. The van der Waals surface area contributed by atoms with Gasteiger partial charge >= 0.3 is 0 Å². The molecule has 2 saturated carbocycles. The first-order valence-corrected chi connectivity index (χ1v) is 7.86. The van der Waals surface area contributed by atoms with Gasteiger partial charge in [0.1, 0.15) is 0 Å². The summed E-state index contributed by atoms with van der Waals surface area (Å²) in [5.74, 6) is 1.46. The van der Waals surface area contributed by atoms with Crippen LogP contribution in [0, 0.1) is 35.5 Å². The second-order valence-corrected chi connectivity index (χ2v) is 7.08. The van der Waals surface area contributed by atoms with Crippen molar-refractivity contribution in [3.8, 4) is 0 Å². The first-order chi connectivity index (χ1) is 10.2. The lowest BCUT2D eigenvalue weighted by molar-refractivity contribution is -0.124. The largest absolute Gasteiger partial charge is 0.274 e. The van der Waals surface area contributed by atoms with E-state index in [2.05, 4.69) is 12.2 Å². The number of anilines is 1. The standard InChI is InChI=1S/C17H14ClNO2/c18-8-2-1-3-9(6-8)19-16(20)14-10-4-5-11(13-7-12(10)13)15(14)17(19)21/h1-6,10-15H,7H2/t10-,11+,12-,13+,14-,15+. The molecule has 21 heavy (non-hydrogen) atoms. The average molecular weight is 300 g/mol. The van der Waals surface area contributed by atoms with Gasteiger partial charge in [-0.15, -0.1) is 0 Å². The fourth-order valence-electron chi connectivity index (χ4n) is 4.83. The summed E-state index contributed by atoms with van der Waals surface area (Å²) in [5, 5.41) is 0.548. The Labute approximate surface area is 127 Å². The summed E-state index contributed by atoms with van der Waals surface area (Å²) in [4.78, 5) is 27.1. The Hall–Kier alpha value is -1.61. The highest BCUT2D eigenvalue weighted by atomic mass is 35.5. The highest BCUT2D eigenvalue weighted by Gasteiger charge is 2.67. The Balaban J connectivity index is 1.60. The molecular formula is C17H14ClNO2. The molecule has 2 amide bonds. The molecule has 4 aliphatic carbocycles. The summed E-state index contributed by atoms with van der Waals surface area (Å²) < 4.78 is 0. The van der Waals surface area contributed by atoms with Crippen molar-refractivity contribution < 1.29 is 9.59 Å². The van der Waals surface area contributed by atoms with Gasteiger partial charge in [0.25, 0.3) is 0 Å². The Morgan fingerprint density at radius 3 is 2.19 bits per heavy atom. The van der Waals surface area contributed by atoms with Crippen LogP contribution in [-0.4, -0.2) is 11.8 Å². The number of carbonyl (C=O) groups is 2. The number of hydrogen-bond donors (Lipinski definition) is 0. The minimum atomic E-state index is -0.143. The second-order valence-electron chi connectivity index (χ2n) is 6.65. The molecule has 106 valence electrons. The van der Waals surface area contributed by atoms with E-state index < -0.39 is 0 Å². The third kappa shape index (κ3) is 1.40. The maximum Gasteiger partial charge on any atom is 0.238 e. The van der Waals surface area contributed by atoms with Crippen LogP contribution < -0.4 is 4.90 Å². The molecule has 0 unspecified atom stereocenters. The van der Waals surface area contributed by atoms with Gasteiger partial charge in [0.15, 0.2) is 0 Å². The monoisotopic (exact) mass is 299 g/mol. The molecule has 3 fully saturated rings. The smallest absolute Gasteiger partial charge is 0.238 e. The van der Waals surface area contributed by atoms with E-state index in [0.717, 1.165) is 0 Å². The molecule has 1 saturated heterocycles. The number of benzene rings is 1. The zero-order chi connectivity index (χ0) is 14.3. The van der Waals surface area contributed by atoms with E-state index in [4.69, 9.17) is 11.6 Å². The predicted molar refractivity (Wildman–Crippen MR) is 78.6 cm³/mol. The molecule has 0 aromatic heterocycles. The van der Waals surface area contributed by atoms with Crippen molar-refractivity contribution in [2.24, 2.45) is 35.5 Å². The van der Waals surface area contributed by atoms with Crippen molar-refractivity contribution in [2.75, 3.05) is 4.90 Å². The van der Waals surface area contributed by atoms with Crippen LogP contribution in [0.2, 0.25) is 5.02 Å². The van der Waals surface area contributed by atoms with Crippen LogP contribution in [0.5, 0.6) is 0 Å². The molecule has 0 spiro atoms. The first kappa shape index (κ1) is 12.0. The van der Waals surface area contributed by atoms with Crippen LogP contribution in [0.4, 0.5) is 5.69 Å². The number of halogens is 1. The lowest BCUT2D eigenvalue weighted by Gasteiger charge is -2.37. The van der Waals surface area contributed by atoms with Crippen LogP contribution in [-0.2, 0) is 9.59 Å². The van der Waals surface area contributed by atoms with Gasteiger partial charge in [0.05, 0.1) is 17.5 Å². The molecule has 1 heterocycles. The van der Waals surface area contributed by atoms with E-state index in [9.17, 15) is 9.59 Å². The molecule has 6 atom stereocenters. The van der Waals surface area contributed by atoms with E-state index in [1.165, 1.54) is 11.3 Å². The Bertz CT molecular complexity index is 676. The maximum atomic E-state index is 12.8. The summed E-state index contributed by atoms with van der Waals surface area (Å²) in [5.41, 5.74) is 0.611. The van der Waals surface area contributed by atoms with Gasteiger partial charge in [-0.3, -0.25) is 9.59 Å².